The molecule has 0 saturated heterocycles. The number of aryl methyl sites for hydroxylation is 2. The number of anilines is 1. The van der Waals surface area contributed by atoms with Crippen LogP contribution in [0.2, 0.25) is 0 Å². The van der Waals surface area contributed by atoms with Gasteiger partial charge in [0.15, 0.2) is 0 Å². The zero-order valence-corrected chi connectivity index (χ0v) is 20.4. The maximum Gasteiger partial charge on any atom is 0.269 e. The second-order valence-electron chi connectivity index (χ2n) is 7.53. The van der Waals surface area contributed by atoms with Crippen LogP contribution in [-0.2, 0) is 27.7 Å². The largest absolute Gasteiger partial charge is 0.495 e. The van der Waals surface area contributed by atoms with Crippen LogP contribution < -0.4 is 14.8 Å². The molecule has 2 N–H and O–H groups in total. The minimum Gasteiger partial charge on any atom is -0.495 e. The molecule has 1 amide bonds. The van der Waals surface area contributed by atoms with Crippen LogP contribution in [0, 0.1) is 17.0 Å². The molecule has 0 unspecified atom stereocenters. The van der Waals surface area contributed by atoms with E-state index in [9.17, 15) is 23.3 Å². The number of methoxy groups -OCH3 is 1. The number of nitro groups is 1. The summed E-state index contributed by atoms with van der Waals surface area (Å²) in [6.45, 7) is 2.14. The third kappa shape index (κ3) is 6.55. The first-order valence-electron chi connectivity index (χ1n) is 10.4. The number of hydrogen-bond acceptors (Lipinski definition) is 7. The van der Waals surface area contributed by atoms with E-state index in [2.05, 4.69) is 10.0 Å². The number of thiophene rings is 1. The molecule has 11 heteroatoms. The number of carbonyl (C=O) groups is 1. The lowest BCUT2D eigenvalue weighted by molar-refractivity contribution is -0.384. The Morgan fingerprint density at radius 3 is 2.59 bits per heavy atom. The van der Waals surface area contributed by atoms with E-state index in [-0.39, 0.29) is 34.3 Å². The van der Waals surface area contributed by atoms with Crippen molar-refractivity contribution in [3.8, 4) is 5.75 Å². The molecule has 0 fully saturated rings. The van der Waals surface area contributed by atoms with Gasteiger partial charge in [-0.15, -0.1) is 11.3 Å². The number of benzene rings is 2. The fraction of sp³-hybridized carbons (Fsp3) is 0.261. The van der Waals surface area contributed by atoms with Crippen molar-refractivity contribution < 1.29 is 22.9 Å². The highest BCUT2D eigenvalue weighted by Crippen LogP contribution is 2.29. The highest BCUT2D eigenvalue weighted by Gasteiger charge is 2.21. The molecule has 3 rings (SSSR count). The number of nitro benzene ring substituents is 1. The van der Waals surface area contributed by atoms with Gasteiger partial charge in [-0.1, -0.05) is 12.1 Å². The molecule has 0 radical (unpaired) electrons. The molecule has 0 atom stereocenters. The normalized spacial score (nSPS) is 11.1. The molecule has 0 aliphatic carbocycles. The molecular weight excluding hydrogens is 478 g/mol. The molecule has 34 heavy (non-hydrogen) atoms. The highest BCUT2D eigenvalue weighted by atomic mass is 32.2. The van der Waals surface area contributed by atoms with Crippen molar-refractivity contribution in [2.24, 2.45) is 0 Å². The van der Waals surface area contributed by atoms with Crippen LogP contribution in [0.4, 0.5) is 11.4 Å². The van der Waals surface area contributed by atoms with Gasteiger partial charge in [0.05, 0.1) is 17.7 Å². The average Bonchev–Trinajstić information content (AvgIpc) is 3.32. The van der Waals surface area contributed by atoms with Gasteiger partial charge in [-0.3, -0.25) is 19.6 Å². The van der Waals surface area contributed by atoms with Gasteiger partial charge in [-0.2, -0.15) is 0 Å². The number of non-ortho nitro benzene ring substituents is 1. The van der Waals surface area contributed by atoms with Crippen LogP contribution in [0.3, 0.4) is 0 Å². The van der Waals surface area contributed by atoms with Crippen LogP contribution >= 0.6 is 11.3 Å². The highest BCUT2D eigenvalue weighted by molar-refractivity contribution is 7.92. The Hall–Kier alpha value is -3.44. The van der Waals surface area contributed by atoms with Gasteiger partial charge in [-0.25, -0.2) is 8.42 Å². The Morgan fingerprint density at radius 1 is 1.15 bits per heavy atom. The zero-order chi connectivity index (χ0) is 24.7. The number of hydrogen-bond donors (Lipinski definition) is 2. The first-order chi connectivity index (χ1) is 16.2. The summed E-state index contributed by atoms with van der Waals surface area (Å²) in [7, 11) is -2.65. The van der Waals surface area contributed by atoms with E-state index in [1.807, 2.05) is 17.5 Å². The minimum atomic E-state index is -4.02. The van der Waals surface area contributed by atoms with Crippen molar-refractivity contribution in [3.05, 3.63) is 80.0 Å². The SMILES string of the molecule is COc1cc(CCC(=O)NCCc2cccs2)ccc1S(=O)(=O)Nc1ccc([N+](=O)[O-])cc1C. The lowest BCUT2D eigenvalue weighted by Crippen LogP contribution is -2.25. The Morgan fingerprint density at radius 2 is 1.94 bits per heavy atom. The average molecular weight is 504 g/mol. The maximum absolute atomic E-state index is 13.0. The van der Waals surface area contributed by atoms with Gasteiger partial charge in [0.1, 0.15) is 10.6 Å². The van der Waals surface area contributed by atoms with Crippen LogP contribution in [0.5, 0.6) is 5.75 Å². The lowest BCUT2D eigenvalue weighted by Gasteiger charge is -2.14. The van der Waals surface area contributed by atoms with E-state index in [0.717, 1.165) is 12.0 Å². The summed E-state index contributed by atoms with van der Waals surface area (Å²) >= 11 is 1.65. The number of nitrogens with one attached hydrogen (secondary N) is 2. The third-order valence-electron chi connectivity index (χ3n) is 5.10. The summed E-state index contributed by atoms with van der Waals surface area (Å²) < 4.78 is 33.7. The van der Waals surface area contributed by atoms with Crippen molar-refractivity contribution in [2.75, 3.05) is 18.4 Å². The topological polar surface area (TPSA) is 128 Å². The van der Waals surface area contributed by atoms with Gasteiger partial charge in [0.2, 0.25) is 5.91 Å². The predicted octanol–water partition coefficient (Wildman–Crippen LogP) is 4.07. The summed E-state index contributed by atoms with van der Waals surface area (Å²) in [5.74, 6) is 0.0604. The fourth-order valence-electron chi connectivity index (χ4n) is 3.29. The van der Waals surface area contributed by atoms with Crippen LogP contribution in [0.25, 0.3) is 0 Å². The summed E-state index contributed by atoms with van der Waals surface area (Å²) in [4.78, 5) is 23.6. The van der Waals surface area contributed by atoms with Gasteiger partial charge in [0, 0.05) is 30.0 Å². The smallest absolute Gasteiger partial charge is 0.269 e. The molecule has 3 aromatic rings. The molecular formula is C23H25N3O6S2. The second-order valence-corrected chi connectivity index (χ2v) is 10.2. The van der Waals surface area contributed by atoms with E-state index in [0.29, 0.717) is 18.5 Å². The molecule has 1 heterocycles. The number of nitrogens with zero attached hydrogens (tertiary/aromatic N) is 1. The summed E-state index contributed by atoms with van der Waals surface area (Å²) in [5, 5.41) is 15.8. The first-order valence-corrected chi connectivity index (χ1v) is 12.8. The molecule has 180 valence electrons. The van der Waals surface area contributed by atoms with Gasteiger partial charge in [-0.05, 0) is 60.5 Å². The van der Waals surface area contributed by atoms with Crippen molar-refractivity contribution in [3.63, 3.8) is 0 Å². The van der Waals surface area contributed by atoms with Gasteiger partial charge in [0.25, 0.3) is 15.7 Å². The monoisotopic (exact) mass is 503 g/mol. The lowest BCUT2D eigenvalue weighted by atomic mass is 10.1. The number of rotatable bonds is 11. The third-order valence-corrected chi connectivity index (χ3v) is 7.44. The molecule has 0 saturated carbocycles. The Balaban J connectivity index is 1.64. The van der Waals surface area contributed by atoms with Crippen molar-refractivity contribution in [1.29, 1.82) is 0 Å². The second kappa shape index (κ2) is 11.1. The molecule has 1 aromatic heterocycles. The molecule has 0 spiro atoms. The summed E-state index contributed by atoms with van der Waals surface area (Å²) in [5.41, 5.74) is 1.28. The standard InChI is InChI=1S/C23H25N3O6S2/c1-16-14-18(26(28)29)7-8-20(16)25-34(30,31)22-9-5-17(15-21(22)32-2)6-10-23(27)24-12-11-19-4-3-13-33-19/h3-5,7-9,13-15,25H,6,10-12H2,1-2H3,(H,24,27). The van der Waals surface area contributed by atoms with Crippen LogP contribution in [-0.4, -0.2) is 32.9 Å². The van der Waals surface area contributed by atoms with Crippen LogP contribution in [0.1, 0.15) is 22.4 Å². The number of sulfonamides is 1. The maximum atomic E-state index is 13.0. The number of amides is 1. The Kier molecular flexibility index (Phi) is 8.24. The van der Waals surface area contributed by atoms with E-state index in [1.54, 1.807) is 30.4 Å². The Labute approximate surface area is 202 Å². The van der Waals surface area contributed by atoms with E-state index in [4.69, 9.17) is 4.74 Å². The number of ether oxygens (including phenoxy) is 1. The molecule has 2 aromatic carbocycles. The van der Waals surface area contributed by atoms with Crippen LogP contribution in [0.15, 0.2) is 58.8 Å². The fourth-order valence-corrected chi connectivity index (χ4v) is 5.28. The van der Waals surface area contributed by atoms with E-state index >= 15 is 0 Å². The van der Waals surface area contributed by atoms with Gasteiger partial charge >= 0.3 is 0 Å². The predicted molar refractivity (Wildman–Crippen MR) is 131 cm³/mol. The van der Waals surface area contributed by atoms with Crippen molar-refractivity contribution in [1.82, 2.24) is 5.32 Å². The minimum absolute atomic E-state index is 0.0723. The van der Waals surface area contributed by atoms with E-state index in [1.165, 1.54) is 36.3 Å². The summed E-state index contributed by atoms with van der Waals surface area (Å²) in [6, 6.07) is 12.5. The number of carbonyl (C=O) groups excluding carboxylic acids is 1. The molecule has 0 aliphatic rings. The zero-order valence-electron chi connectivity index (χ0n) is 18.7. The van der Waals surface area contributed by atoms with E-state index < -0.39 is 14.9 Å². The molecule has 9 nitrogen and oxygen atoms in total. The van der Waals surface area contributed by atoms with Gasteiger partial charge < -0.3 is 10.1 Å². The Bertz CT molecular complexity index is 1270. The quantitative estimate of drug-likeness (QED) is 0.300. The van der Waals surface area contributed by atoms with Crippen molar-refractivity contribution >= 4 is 38.6 Å². The molecule has 0 aliphatic heterocycles. The summed E-state index contributed by atoms with van der Waals surface area (Å²) in [6.07, 6.45) is 1.47. The molecule has 0 bridgehead atoms. The first kappa shape index (κ1) is 25.2. The van der Waals surface area contributed by atoms with Crippen molar-refractivity contribution in [2.45, 2.75) is 31.1 Å².